The number of hydrogen-bond donors (Lipinski definition) is 2. The average molecular weight is 281 g/mol. The van der Waals surface area contributed by atoms with E-state index in [0.717, 1.165) is 27.8 Å². The van der Waals surface area contributed by atoms with Gasteiger partial charge >= 0.3 is 5.97 Å². The van der Waals surface area contributed by atoms with E-state index in [1.165, 1.54) is 0 Å². The molecule has 0 bridgehead atoms. The summed E-state index contributed by atoms with van der Waals surface area (Å²) in [5, 5.41) is 9.85. The Labute approximate surface area is 122 Å². The molecule has 2 aromatic carbocycles. The minimum absolute atomic E-state index is 0.00399. The van der Waals surface area contributed by atoms with Crippen molar-refractivity contribution in [2.45, 2.75) is 13.0 Å². The van der Waals surface area contributed by atoms with Gasteiger partial charge in [0.2, 0.25) is 0 Å². The summed E-state index contributed by atoms with van der Waals surface area (Å²) in [5.74, 6) is -0.0897. The Balaban J connectivity index is 1.86. The van der Waals surface area contributed by atoms with Crippen molar-refractivity contribution in [2.24, 2.45) is 0 Å². The molecule has 0 atom stereocenters. The Morgan fingerprint density at radius 1 is 1.10 bits per heavy atom. The number of carboxylic acids is 1. The van der Waals surface area contributed by atoms with E-state index in [-0.39, 0.29) is 6.42 Å². The van der Waals surface area contributed by atoms with Gasteiger partial charge in [-0.2, -0.15) is 0 Å². The molecule has 0 unspecified atom stereocenters. The summed E-state index contributed by atoms with van der Waals surface area (Å²) in [4.78, 5) is 14.0. The fourth-order valence-corrected chi connectivity index (χ4v) is 2.36. The van der Waals surface area contributed by atoms with E-state index in [1.54, 1.807) is 12.3 Å². The Morgan fingerprint density at radius 3 is 2.67 bits per heavy atom. The average Bonchev–Trinajstić information content (AvgIpc) is 2.97. The molecule has 0 fully saturated rings. The van der Waals surface area contributed by atoms with E-state index in [1.807, 2.05) is 42.5 Å². The molecular weight excluding hydrogens is 266 g/mol. The number of nitrogens with one attached hydrogen (secondary N) is 1. The van der Waals surface area contributed by atoms with Gasteiger partial charge in [-0.05, 0) is 23.3 Å². The lowest BCUT2D eigenvalue weighted by Gasteiger charge is -2.09. The number of hydrogen-bond acceptors (Lipinski definition) is 2. The lowest BCUT2D eigenvalue weighted by atomic mass is 10.1. The van der Waals surface area contributed by atoms with Crippen LogP contribution in [0.2, 0.25) is 0 Å². The zero-order valence-electron chi connectivity index (χ0n) is 11.4. The Bertz CT molecular complexity index is 762. The number of carboxylic acid groups (broad SMARTS) is 1. The van der Waals surface area contributed by atoms with Crippen molar-refractivity contribution in [1.82, 2.24) is 4.98 Å². The Kier molecular flexibility index (Phi) is 3.60. The first-order valence-electron chi connectivity index (χ1n) is 6.71. The number of H-pyrrole nitrogens is 1. The second-order valence-corrected chi connectivity index (χ2v) is 4.83. The SMILES string of the molecule is O=C(O)Cc1ccc(OCc2ccccc2)c2cc[nH]c12. The molecule has 3 rings (SSSR count). The quantitative estimate of drug-likeness (QED) is 0.753. The molecule has 4 nitrogen and oxygen atoms in total. The van der Waals surface area contributed by atoms with Crippen LogP contribution in [0.15, 0.2) is 54.7 Å². The fraction of sp³-hybridized carbons (Fsp3) is 0.118. The van der Waals surface area contributed by atoms with Crippen molar-refractivity contribution in [1.29, 1.82) is 0 Å². The van der Waals surface area contributed by atoms with Crippen LogP contribution in [0.25, 0.3) is 10.9 Å². The molecule has 4 heteroatoms. The third-order valence-corrected chi connectivity index (χ3v) is 3.35. The number of rotatable bonds is 5. The van der Waals surface area contributed by atoms with Crippen LogP contribution < -0.4 is 4.74 Å². The maximum absolute atomic E-state index is 10.9. The van der Waals surface area contributed by atoms with E-state index in [0.29, 0.717) is 6.61 Å². The van der Waals surface area contributed by atoms with Gasteiger partial charge in [0, 0.05) is 11.6 Å². The van der Waals surface area contributed by atoms with Crippen LogP contribution in [0.3, 0.4) is 0 Å². The van der Waals surface area contributed by atoms with Crippen LogP contribution in [0.5, 0.6) is 5.75 Å². The summed E-state index contributed by atoms with van der Waals surface area (Å²) in [6.45, 7) is 0.486. The molecular formula is C17H15NO3. The molecule has 0 amide bonds. The summed E-state index contributed by atoms with van der Waals surface area (Å²) >= 11 is 0. The van der Waals surface area contributed by atoms with Crippen LogP contribution in [0, 0.1) is 0 Å². The largest absolute Gasteiger partial charge is 0.488 e. The zero-order chi connectivity index (χ0) is 14.7. The smallest absolute Gasteiger partial charge is 0.307 e. The molecule has 0 aliphatic heterocycles. The molecule has 1 aromatic heterocycles. The van der Waals surface area contributed by atoms with Crippen LogP contribution in [-0.2, 0) is 17.8 Å². The van der Waals surface area contributed by atoms with Crippen molar-refractivity contribution in [3.63, 3.8) is 0 Å². The highest BCUT2D eigenvalue weighted by atomic mass is 16.5. The van der Waals surface area contributed by atoms with E-state index in [9.17, 15) is 4.79 Å². The predicted molar refractivity (Wildman–Crippen MR) is 80.4 cm³/mol. The Morgan fingerprint density at radius 2 is 1.90 bits per heavy atom. The first kappa shape index (κ1) is 13.2. The van der Waals surface area contributed by atoms with Gasteiger partial charge in [0.1, 0.15) is 12.4 Å². The Hall–Kier alpha value is -2.75. The van der Waals surface area contributed by atoms with Gasteiger partial charge in [0.25, 0.3) is 0 Å². The molecule has 21 heavy (non-hydrogen) atoms. The van der Waals surface area contributed by atoms with E-state index in [4.69, 9.17) is 9.84 Å². The minimum atomic E-state index is -0.844. The third-order valence-electron chi connectivity index (χ3n) is 3.35. The molecule has 1 heterocycles. The highest BCUT2D eigenvalue weighted by molar-refractivity contribution is 5.90. The fourth-order valence-electron chi connectivity index (χ4n) is 2.36. The highest BCUT2D eigenvalue weighted by Crippen LogP contribution is 2.28. The maximum Gasteiger partial charge on any atom is 0.307 e. The monoisotopic (exact) mass is 281 g/mol. The number of aromatic amines is 1. The molecule has 0 spiro atoms. The van der Waals surface area contributed by atoms with Gasteiger partial charge < -0.3 is 14.8 Å². The van der Waals surface area contributed by atoms with Gasteiger partial charge in [-0.3, -0.25) is 4.79 Å². The van der Waals surface area contributed by atoms with Crippen LogP contribution >= 0.6 is 0 Å². The highest BCUT2D eigenvalue weighted by Gasteiger charge is 2.10. The number of carbonyl (C=O) groups is 1. The molecule has 0 radical (unpaired) electrons. The molecule has 2 N–H and O–H groups in total. The predicted octanol–water partition coefficient (Wildman–Crippen LogP) is 3.37. The van der Waals surface area contributed by atoms with Crippen molar-refractivity contribution in [2.75, 3.05) is 0 Å². The normalized spacial score (nSPS) is 10.7. The third kappa shape index (κ3) is 2.89. The number of aromatic nitrogens is 1. The van der Waals surface area contributed by atoms with Crippen molar-refractivity contribution in [3.05, 3.63) is 65.9 Å². The molecule has 0 saturated carbocycles. The molecule has 3 aromatic rings. The number of ether oxygens (including phenoxy) is 1. The molecule has 0 aliphatic rings. The zero-order valence-corrected chi connectivity index (χ0v) is 11.4. The first-order chi connectivity index (χ1) is 10.2. The maximum atomic E-state index is 10.9. The lowest BCUT2D eigenvalue weighted by molar-refractivity contribution is -0.136. The summed E-state index contributed by atoms with van der Waals surface area (Å²) in [6.07, 6.45) is 1.79. The van der Waals surface area contributed by atoms with Gasteiger partial charge in [-0.25, -0.2) is 0 Å². The number of aliphatic carboxylic acids is 1. The number of fused-ring (bicyclic) bond motifs is 1. The van der Waals surface area contributed by atoms with Crippen LogP contribution in [0.4, 0.5) is 0 Å². The summed E-state index contributed by atoms with van der Waals surface area (Å²) < 4.78 is 5.86. The summed E-state index contributed by atoms with van der Waals surface area (Å²) in [6, 6.07) is 15.5. The molecule has 106 valence electrons. The first-order valence-corrected chi connectivity index (χ1v) is 6.71. The van der Waals surface area contributed by atoms with Crippen molar-refractivity contribution in [3.8, 4) is 5.75 Å². The summed E-state index contributed by atoms with van der Waals surface area (Å²) in [7, 11) is 0. The van der Waals surface area contributed by atoms with Crippen LogP contribution in [-0.4, -0.2) is 16.1 Å². The van der Waals surface area contributed by atoms with Crippen molar-refractivity contribution >= 4 is 16.9 Å². The van der Waals surface area contributed by atoms with Gasteiger partial charge in [0.15, 0.2) is 0 Å². The second-order valence-electron chi connectivity index (χ2n) is 4.83. The van der Waals surface area contributed by atoms with E-state index in [2.05, 4.69) is 4.98 Å². The van der Waals surface area contributed by atoms with Crippen molar-refractivity contribution < 1.29 is 14.6 Å². The lowest BCUT2D eigenvalue weighted by Crippen LogP contribution is -2.01. The summed E-state index contributed by atoms with van der Waals surface area (Å²) in [5.41, 5.74) is 2.67. The van der Waals surface area contributed by atoms with Gasteiger partial charge in [-0.1, -0.05) is 36.4 Å². The number of benzene rings is 2. The van der Waals surface area contributed by atoms with E-state index < -0.39 is 5.97 Å². The minimum Gasteiger partial charge on any atom is -0.488 e. The second kappa shape index (κ2) is 5.71. The van der Waals surface area contributed by atoms with Gasteiger partial charge in [-0.15, -0.1) is 0 Å². The molecule has 0 saturated heterocycles. The topological polar surface area (TPSA) is 62.3 Å². The van der Waals surface area contributed by atoms with Crippen LogP contribution in [0.1, 0.15) is 11.1 Å². The molecule has 0 aliphatic carbocycles. The van der Waals surface area contributed by atoms with E-state index >= 15 is 0 Å². The van der Waals surface area contributed by atoms with Gasteiger partial charge in [0.05, 0.1) is 11.9 Å². The standard InChI is InChI=1S/C17H15NO3/c19-16(20)10-13-6-7-15(14-8-9-18-17(13)14)21-11-12-4-2-1-3-5-12/h1-9,18H,10-11H2,(H,19,20).